The molecule has 0 fully saturated rings. The molecule has 0 spiro atoms. The van der Waals surface area contributed by atoms with Crippen LogP contribution in [0.25, 0.3) is 0 Å². The van der Waals surface area contributed by atoms with Crippen molar-refractivity contribution in [3.05, 3.63) is 0 Å². The second-order valence-electron chi connectivity index (χ2n) is 6.67. The van der Waals surface area contributed by atoms with Gasteiger partial charge in [-0.05, 0) is 31.7 Å². The summed E-state index contributed by atoms with van der Waals surface area (Å²) in [5.41, 5.74) is 16.3. The molecule has 0 aromatic heterocycles. The molecule has 0 saturated carbocycles. The maximum Gasteiger partial charge on any atom is 0.326 e. The number of nitrogens with one attached hydrogen (secondary N) is 2. The van der Waals surface area contributed by atoms with Gasteiger partial charge in [0, 0.05) is 6.42 Å². The van der Waals surface area contributed by atoms with E-state index in [1.165, 1.54) is 0 Å². The number of hydrogen-bond donors (Lipinski definition) is 6. The van der Waals surface area contributed by atoms with Gasteiger partial charge in [-0.15, -0.1) is 0 Å². The minimum Gasteiger partial charge on any atom is -0.480 e. The number of carboxylic acids is 1. The molecule has 0 bridgehead atoms. The topological polar surface area (TPSA) is 191 Å². The number of amides is 3. The van der Waals surface area contributed by atoms with Gasteiger partial charge in [-0.1, -0.05) is 26.7 Å². The Morgan fingerprint density at radius 2 is 1.67 bits per heavy atom. The molecular formula is C17H33N5O5. The SMILES string of the molecule is CC[C@H](C)[C@H](NC(=O)[C@@H](N)CCCCN)C(=O)N[C@@H](CCC(N)=O)C(=O)O. The van der Waals surface area contributed by atoms with E-state index in [1.54, 1.807) is 6.92 Å². The van der Waals surface area contributed by atoms with Gasteiger partial charge >= 0.3 is 5.97 Å². The number of nitrogens with two attached hydrogens (primary N) is 3. The quantitative estimate of drug-likeness (QED) is 0.202. The van der Waals surface area contributed by atoms with Gasteiger partial charge in [0.15, 0.2) is 0 Å². The van der Waals surface area contributed by atoms with Crippen LogP contribution >= 0.6 is 0 Å². The minimum atomic E-state index is -1.28. The number of carboxylic acid groups (broad SMARTS) is 1. The van der Waals surface area contributed by atoms with Crippen LogP contribution in [0.2, 0.25) is 0 Å². The average Bonchev–Trinajstić information content (AvgIpc) is 2.61. The fourth-order valence-corrected chi connectivity index (χ4v) is 2.41. The molecule has 4 atom stereocenters. The molecule has 0 aromatic rings. The molecule has 10 nitrogen and oxygen atoms in total. The van der Waals surface area contributed by atoms with Crippen LogP contribution in [0.1, 0.15) is 52.4 Å². The minimum absolute atomic E-state index is 0.129. The van der Waals surface area contributed by atoms with Crippen molar-refractivity contribution in [2.45, 2.75) is 70.5 Å². The van der Waals surface area contributed by atoms with Crippen molar-refractivity contribution in [2.24, 2.45) is 23.1 Å². The van der Waals surface area contributed by atoms with Crippen LogP contribution in [0.3, 0.4) is 0 Å². The smallest absolute Gasteiger partial charge is 0.326 e. The fourth-order valence-electron chi connectivity index (χ4n) is 2.41. The number of carbonyl (C=O) groups excluding carboxylic acids is 3. The standard InChI is InChI=1S/C17H33N5O5/c1-3-10(2)14(22-15(24)11(19)6-4-5-9-18)16(25)21-12(17(26)27)7-8-13(20)23/h10-12,14H,3-9,18-19H2,1-2H3,(H2,20,23)(H,21,25)(H,22,24)(H,26,27)/t10-,11-,12-,14-/m0/s1. The predicted octanol–water partition coefficient (Wildman–Crippen LogP) is -1.19. The molecule has 0 heterocycles. The molecule has 27 heavy (non-hydrogen) atoms. The Bertz CT molecular complexity index is 514. The highest BCUT2D eigenvalue weighted by Crippen LogP contribution is 2.10. The largest absolute Gasteiger partial charge is 0.480 e. The molecule has 156 valence electrons. The number of primary amides is 1. The first-order chi connectivity index (χ1) is 12.6. The van der Waals surface area contributed by atoms with Gasteiger partial charge in [-0.2, -0.15) is 0 Å². The van der Waals surface area contributed by atoms with Crippen molar-refractivity contribution in [3.8, 4) is 0 Å². The lowest BCUT2D eigenvalue weighted by atomic mass is 9.97. The second kappa shape index (κ2) is 13.0. The molecule has 10 heteroatoms. The lowest BCUT2D eigenvalue weighted by molar-refractivity contribution is -0.142. The van der Waals surface area contributed by atoms with E-state index in [4.69, 9.17) is 17.2 Å². The molecule has 0 aliphatic heterocycles. The van der Waals surface area contributed by atoms with Gasteiger partial charge in [-0.3, -0.25) is 14.4 Å². The zero-order chi connectivity index (χ0) is 21.0. The Balaban J connectivity index is 4.99. The Hall–Kier alpha value is -2.20. The monoisotopic (exact) mass is 387 g/mol. The highest BCUT2D eigenvalue weighted by atomic mass is 16.4. The zero-order valence-electron chi connectivity index (χ0n) is 16.1. The van der Waals surface area contributed by atoms with E-state index >= 15 is 0 Å². The van der Waals surface area contributed by atoms with Crippen LogP contribution in [-0.2, 0) is 19.2 Å². The molecule has 0 aliphatic rings. The van der Waals surface area contributed by atoms with E-state index in [0.717, 1.165) is 6.42 Å². The van der Waals surface area contributed by atoms with Crippen LogP contribution in [0.15, 0.2) is 0 Å². The van der Waals surface area contributed by atoms with Gasteiger partial charge in [0.2, 0.25) is 17.7 Å². The van der Waals surface area contributed by atoms with Crippen molar-refractivity contribution in [1.29, 1.82) is 0 Å². The average molecular weight is 387 g/mol. The summed E-state index contributed by atoms with van der Waals surface area (Å²) in [4.78, 5) is 47.0. The summed E-state index contributed by atoms with van der Waals surface area (Å²) >= 11 is 0. The Kier molecular flexibility index (Phi) is 12.0. The first kappa shape index (κ1) is 24.8. The van der Waals surface area contributed by atoms with E-state index < -0.39 is 41.8 Å². The summed E-state index contributed by atoms with van der Waals surface area (Å²) in [5, 5.41) is 14.2. The number of hydrogen-bond acceptors (Lipinski definition) is 6. The van der Waals surface area contributed by atoms with Gasteiger partial charge in [0.25, 0.3) is 0 Å². The van der Waals surface area contributed by atoms with Crippen LogP contribution in [0.5, 0.6) is 0 Å². The molecule has 9 N–H and O–H groups in total. The third kappa shape index (κ3) is 9.90. The molecule has 0 aromatic carbocycles. The van der Waals surface area contributed by atoms with Crippen molar-refractivity contribution in [3.63, 3.8) is 0 Å². The summed E-state index contributed by atoms with van der Waals surface area (Å²) in [6.45, 7) is 4.12. The summed E-state index contributed by atoms with van der Waals surface area (Å²) in [6, 6.07) is -2.98. The van der Waals surface area contributed by atoms with Crippen molar-refractivity contribution < 1.29 is 24.3 Å². The Morgan fingerprint density at radius 1 is 1.04 bits per heavy atom. The molecule has 0 radical (unpaired) electrons. The Labute approximate surface area is 159 Å². The normalized spacial score (nSPS) is 15.3. The fraction of sp³-hybridized carbons (Fsp3) is 0.765. The van der Waals surface area contributed by atoms with E-state index in [9.17, 15) is 24.3 Å². The number of aliphatic carboxylic acids is 1. The van der Waals surface area contributed by atoms with E-state index in [1.807, 2.05) is 6.92 Å². The van der Waals surface area contributed by atoms with Crippen LogP contribution in [0, 0.1) is 5.92 Å². The number of unbranched alkanes of at least 4 members (excludes halogenated alkanes) is 1. The Morgan fingerprint density at radius 3 is 2.15 bits per heavy atom. The van der Waals surface area contributed by atoms with Gasteiger partial charge in [0.1, 0.15) is 12.1 Å². The summed E-state index contributed by atoms with van der Waals surface area (Å²) < 4.78 is 0. The lowest BCUT2D eigenvalue weighted by Crippen LogP contribution is -2.56. The molecule has 0 rings (SSSR count). The molecule has 0 unspecified atom stereocenters. The zero-order valence-corrected chi connectivity index (χ0v) is 16.1. The van der Waals surface area contributed by atoms with Crippen LogP contribution in [-0.4, -0.2) is 53.5 Å². The first-order valence-corrected chi connectivity index (χ1v) is 9.21. The maximum absolute atomic E-state index is 12.6. The van der Waals surface area contributed by atoms with Crippen molar-refractivity contribution >= 4 is 23.7 Å². The molecule has 0 saturated heterocycles. The number of rotatable bonds is 14. The first-order valence-electron chi connectivity index (χ1n) is 9.21. The van der Waals surface area contributed by atoms with Crippen LogP contribution in [0.4, 0.5) is 0 Å². The van der Waals surface area contributed by atoms with Gasteiger partial charge < -0.3 is 32.9 Å². The molecule has 3 amide bonds. The highest BCUT2D eigenvalue weighted by molar-refractivity contribution is 5.92. The number of carbonyl (C=O) groups is 4. The third-order valence-corrected chi connectivity index (χ3v) is 4.39. The summed E-state index contributed by atoms with van der Waals surface area (Å²) in [6.07, 6.45) is 2.16. The van der Waals surface area contributed by atoms with E-state index in [-0.39, 0.29) is 18.8 Å². The highest BCUT2D eigenvalue weighted by Gasteiger charge is 2.30. The van der Waals surface area contributed by atoms with Gasteiger partial charge in [0.05, 0.1) is 6.04 Å². The lowest BCUT2D eigenvalue weighted by Gasteiger charge is -2.26. The van der Waals surface area contributed by atoms with Crippen molar-refractivity contribution in [1.82, 2.24) is 10.6 Å². The van der Waals surface area contributed by atoms with E-state index in [0.29, 0.717) is 25.8 Å². The van der Waals surface area contributed by atoms with Crippen LogP contribution < -0.4 is 27.8 Å². The summed E-state index contributed by atoms with van der Waals surface area (Å²) in [5.74, 6) is -3.29. The molecular weight excluding hydrogens is 354 g/mol. The maximum atomic E-state index is 12.6. The summed E-state index contributed by atoms with van der Waals surface area (Å²) in [7, 11) is 0. The third-order valence-electron chi connectivity index (χ3n) is 4.39. The van der Waals surface area contributed by atoms with Gasteiger partial charge in [-0.25, -0.2) is 4.79 Å². The van der Waals surface area contributed by atoms with E-state index in [2.05, 4.69) is 10.6 Å². The second-order valence-corrected chi connectivity index (χ2v) is 6.67. The molecule has 0 aliphatic carbocycles. The predicted molar refractivity (Wildman–Crippen MR) is 100 cm³/mol. The van der Waals surface area contributed by atoms with Crippen molar-refractivity contribution in [2.75, 3.05) is 6.54 Å².